The van der Waals surface area contributed by atoms with Gasteiger partial charge in [-0.05, 0) is 46.9 Å². The SMILES string of the molecule is C=N/C(C(=O)NC(C)(C)C)=C(C)\C=C/C. The minimum atomic E-state index is -0.261. The van der Waals surface area contributed by atoms with Gasteiger partial charge in [-0.25, -0.2) is 0 Å². The molecule has 0 atom stereocenters. The first-order valence-electron chi connectivity index (χ1n) is 4.94. The van der Waals surface area contributed by atoms with Gasteiger partial charge in [-0.2, -0.15) is 0 Å². The number of hydrogen-bond acceptors (Lipinski definition) is 2. The first kappa shape index (κ1) is 13.6. The van der Waals surface area contributed by atoms with E-state index < -0.39 is 0 Å². The zero-order valence-electron chi connectivity index (χ0n) is 10.2. The summed E-state index contributed by atoms with van der Waals surface area (Å²) in [6.07, 6.45) is 3.71. The molecule has 0 aromatic carbocycles. The van der Waals surface area contributed by atoms with Gasteiger partial charge in [0, 0.05) is 5.54 Å². The molecule has 84 valence electrons. The zero-order valence-corrected chi connectivity index (χ0v) is 10.2. The van der Waals surface area contributed by atoms with Gasteiger partial charge in [-0.15, -0.1) is 0 Å². The number of hydrogen-bond donors (Lipinski definition) is 1. The molecular formula is C12H20N2O. The Morgan fingerprint density at radius 3 is 2.27 bits per heavy atom. The van der Waals surface area contributed by atoms with Gasteiger partial charge in [0.2, 0.25) is 0 Å². The Labute approximate surface area is 92.0 Å². The summed E-state index contributed by atoms with van der Waals surface area (Å²) in [5, 5.41) is 2.85. The largest absolute Gasteiger partial charge is 0.346 e. The Hall–Kier alpha value is -1.38. The van der Waals surface area contributed by atoms with Gasteiger partial charge in [0.1, 0.15) is 5.70 Å². The van der Waals surface area contributed by atoms with Crippen LogP contribution in [0, 0.1) is 0 Å². The molecule has 3 nitrogen and oxygen atoms in total. The van der Waals surface area contributed by atoms with Crippen LogP contribution in [0.5, 0.6) is 0 Å². The fourth-order valence-corrected chi connectivity index (χ4v) is 1.10. The summed E-state index contributed by atoms with van der Waals surface area (Å²) < 4.78 is 0. The zero-order chi connectivity index (χ0) is 12.1. The van der Waals surface area contributed by atoms with Gasteiger partial charge in [-0.3, -0.25) is 9.79 Å². The molecule has 1 N–H and O–H groups in total. The maximum absolute atomic E-state index is 11.8. The molecule has 0 radical (unpaired) electrons. The highest BCUT2D eigenvalue weighted by molar-refractivity contribution is 5.95. The highest BCUT2D eigenvalue weighted by Gasteiger charge is 2.17. The lowest BCUT2D eigenvalue weighted by Crippen LogP contribution is -2.41. The highest BCUT2D eigenvalue weighted by atomic mass is 16.2. The summed E-state index contributed by atoms with van der Waals surface area (Å²) in [4.78, 5) is 15.5. The van der Waals surface area contributed by atoms with Crippen molar-refractivity contribution in [2.45, 2.75) is 40.2 Å². The van der Waals surface area contributed by atoms with E-state index in [-0.39, 0.29) is 11.4 Å². The molecule has 0 aliphatic carbocycles. The van der Waals surface area contributed by atoms with Crippen LogP contribution in [0.4, 0.5) is 0 Å². The van der Waals surface area contributed by atoms with E-state index in [4.69, 9.17) is 0 Å². The van der Waals surface area contributed by atoms with Gasteiger partial charge >= 0.3 is 0 Å². The molecule has 3 heteroatoms. The first-order chi connectivity index (χ1) is 6.81. The van der Waals surface area contributed by atoms with Crippen molar-refractivity contribution in [2.24, 2.45) is 4.99 Å². The topological polar surface area (TPSA) is 41.5 Å². The number of aliphatic imine (C=N–C) groups is 1. The first-order valence-corrected chi connectivity index (χ1v) is 4.94. The monoisotopic (exact) mass is 208 g/mol. The molecule has 0 aliphatic rings. The van der Waals surface area contributed by atoms with Gasteiger partial charge in [0.15, 0.2) is 0 Å². The van der Waals surface area contributed by atoms with E-state index in [9.17, 15) is 4.79 Å². The molecule has 0 heterocycles. The van der Waals surface area contributed by atoms with Gasteiger partial charge in [0.05, 0.1) is 0 Å². The molecule has 0 rings (SSSR count). The van der Waals surface area contributed by atoms with Crippen LogP contribution in [0.3, 0.4) is 0 Å². The fourth-order valence-electron chi connectivity index (χ4n) is 1.10. The van der Waals surface area contributed by atoms with Crippen molar-refractivity contribution in [1.82, 2.24) is 5.32 Å². The van der Waals surface area contributed by atoms with E-state index in [1.165, 1.54) is 0 Å². The summed E-state index contributed by atoms with van der Waals surface area (Å²) >= 11 is 0. The number of allylic oxidation sites excluding steroid dienone is 3. The number of nitrogens with one attached hydrogen (secondary N) is 1. The molecular weight excluding hydrogens is 188 g/mol. The summed E-state index contributed by atoms with van der Waals surface area (Å²) in [6.45, 7) is 12.9. The lowest BCUT2D eigenvalue weighted by Gasteiger charge is -2.20. The van der Waals surface area contributed by atoms with Crippen molar-refractivity contribution in [2.75, 3.05) is 0 Å². The second-order valence-electron chi connectivity index (χ2n) is 4.39. The summed E-state index contributed by atoms with van der Waals surface area (Å²) in [5.41, 5.74) is 0.931. The molecule has 0 saturated heterocycles. The molecule has 15 heavy (non-hydrogen) atoms. The van der Waals surface area contributed by atoms with Crippen LogP contribution in [-0.2, 0) is 4.79 Å². The van der Waals surface area contributed by atoms with Gasteiger partial charge in [-0.1, -0.05) is 12.2 Å². The maximum Gasteiger partial charge on any atom is 0.270 e. The third kappa shape index (κ3) is 5.15. The predicted molar refractivity (Wildman–Crippen MR) is 65.0 cm³/mol. The van der Waals surface area contributed by atoms with Crippen molar-refractivity contribution >= 4 is 12.6 Å². The number of nitrogens with zero attached hydrogens (tertiary/aromatic N) is 1. The number of rotatable bonds is 3. The molecule has 1 amide bonds. The van der Waals surface area contributed by atoms with Gasteiger partial charge < -0.3 is 5.32 Å². The average Bonchev–Trinajstić information content (AvgIpc) is 2.02. The third-order valence-corrected chi connectivity index (χ3v) is 1.65. The Morgan fingerprint density at radius 1 is 1.40 bits per heavy atom. The van der Waals surface area contributed by atoms with E-state index >= 15 is 0 Å². The molecule has 0 bridgehead atoms. The number of carbonyl (C=O) groups is 1. The molecule has 0 saturated carbocycles. The Morgan fingerprint density at radius 2 is 1.93 bits per heavy atom. The van der Waals surface area contributed by atoms with Crippen LogP contribution >= 0.6 is 0 Å². The molecule has 0 aromatic heterocycles. The van der Waals surface area contributed by atoms with Crippen molar-refractivity contribution in [3.63, 3.8) is 0 Å². The molecule has 0 fully saturated rings. The smallest absolute Gasteiger partial charge is 0.270 e. The Balaban J connectivity index is 4.93. The second-order valence-corrected chi connectivity index (χ2v) is 4.39. The van der Waals surface area contributed by atoms with E-state index in [2.05, 4.69) is 17.0 Å². The average molecular weight is 208 g/mol. The molecule has 0 aromatic rings. The Bertz CT molecular complexity index is 306. The van der Waals surface area contributed by atoms with Gasteiger partial charge in [0.25, 0.3) is 5.91 Å². The fraction of sp³-hybridized carbons (Fsp3) is 0.500. The summed E-state index contributed by atoms with van der Waals surface area (Å²) in [7, 11) is 0. The van der Waals surface area contributed by atoms with E-state index in [0.717, 1.165) is 5.57 Å². The molecule has 0 spiro atoms. The lowest BCUT2D eigenvalue weighted by atomic mass is 10.1. The van der Waals surface area contributed by atoms with Crippen LogP contribution in [0.2, 0.25) is 0 Å². The van der Waals surface area contributed by atoms with E-state index in [1.54, 1.807) is 0 Å². The number of amides is 1. The van der Waals surface area contributed by atoms with Crippen LogP contribution in [-0.4, -0.2) is 18.2 Å². The van der Waals surface area contributed by atoms with E-state index in [0.29, 0.717) is 5.70 Å². The normalized spacial score (nSPS) is 13.7. The van der Waals surface area contributed by atoms with Crippen LogP contribution in [0.1, 0.15) is 34.6 Å². The highest BCUT2D eigenvalue weighted by Crippen LogP contribution is 2.09. The molecule has 0 unspecified atom stereocenters. The minimum Gasteiger partial charge on any atom is -0.346 e. The molecule has 0 aliphatic heterocycles. The second kappa shape index (κ2) is 5.49. The number of carbonyl (C=O) groups excluding carboxylic acids is 1. The lowest BCUT2D eigenvalue weighted by molar-refractivity contribution is -0.118. The minimum absolute atomic E-state index is 0.187. The maximum atomic E-state index is 11.8. The van der Waals surface area contributed by atoms with Crippen LogP contribution in [0.15, 0.2) is 28.4 Å². The van der Waals surface area contributed by atoms with Crippen molar-refractivity contribution in [3.8, 4) is 0 Å². The predicted octanol–water partition coefficient (Wildman–Crippen LogP) is 2.45. The summed E-state index contributed by atoms with van der Waals surface area (Å²) in [5.74, 6) is -0.187. The van der Waals surface area contributed by atoms with E-state index in [1.807, 2.05) is 46.8 Å². The Kier molecular flexibility index (Phi) is 4.98. The standard InChI is InChI=1S/C12H20N2O/c1-7-8-9(2)10(13-6)11(15)14-12(3,4)5/h7-8H,6H2,1-5H3,(H,14,15)/b8-7-,10-9-. The summed E-state index contributed by atoms with van der Waals surface area (Å²) in [6, 6.07) is 0. The van der Waals surface area contributed by atoms with Crippen molar-refractivity contribution in [3.05, 3.63) is 23.4 Å². The third-order valence-electron chi connectivity index (χ3n) is 1.65. The quantitative estimate of drug-likeness (QED) is 0.432. The van der Waals surface area contributed by atoms with Crippen LogP contribution in [0.25, 0.3) is 0 Å². The van der Waals surface area contributed by atoms with Crippen molar-refractivity contribution in [1.29, 1.82) is 0 Å². The van der Waals surface area contributed by atoms with Crippen LogP contribution < -0.4 is 5.32 Å². The van der Waals surface area contributed by atoms with Crippen molar-refractivity contribution < 1.29 is 4.79 Å².